The van der Waals surface area contributed by atoms with E-state index in [1.807, 2.05) is 44.2 Å². The van der Waals surface area contributed by atoms with E-state index >= 15 is 0 Å². The third-order valence-electron chi connectivity index (χ3n) is 3.42. The second kappa shape index (κ2) is 7.97. The van der Waals surface area contributed by atoms with E-state index in [2.05, 4.69) is 0 Å². The highest BCUT2D eigenvalue weighted by molar-refractivity contribution is 7.95. The Morgan fingerprint density at radius 2 is 1.70 bits per heavy atom. The van der Waals surface area contributed by atoms with Gasteiger partial charge in [0.1, 0.15) is 0 Å². The Morgan fingerprint density at radius 1 is 1.04 bits per heavy atom. The summed E-state index contributed by atoms with van der Waals surface area (Å²) in [5, 5.41) is 0.000929. The molecule has 2 rings (SSSR count). The number of hydrogen-bond donors (Lipinski definition) is 0. The molecule has 0 saturated heterocycles. The van der Waals surface area contributed by atoms with Crippen molar-refractivity contribution in [2.24, 2.45) is 0 Å². The van der Waals surface area contributed by atoms with Gasteiger partial charge in [0.2, 0.25) is 14.9 Å². The van der Waals surface area contributed by atoms with Crippen molar-refractivity contribution in [3.8, 4) is 0 Å². The van der Waals surface area contributed by atoms with Crippen LogP contribution in [0.3, 0.4) is 0 Å². The molecular weight excluding hydrogens is 308 g/mol. The minimum Gasteiger partial charge on any atom is -0.483 e. The Labute approximate surface area is 138 Å². The molecule has 23 heavy (non-hydrogen) atoms. The predicted octanol–water partition coefficient (Wildman–Crippen LogP) is 4.58. The van der Waals surface area contributed by atoms with Crippen LogP contribution in [0.5, 0.6) is 0 Å². The van der Waals surface area contributed by atoms with Crippen molar-refractivity contribution in [2.75, 3.05) is 6.61 Å². The zero-order valence-electron chi connectivity index (χ0n) is 13.5. The Hall–Kier alpha value is -2.07. The molecule has 0 spiro atoms. The first kappa shape index (κ1) is 17.3. The maximum atomic E-state index is 12.8. The molecule has 122 valence electrons. The fraction of sp³-hybridized carbons (Fsp3) is 0.263. The lowest BCUT2D eigenvalue weighted by molar-refractivity contribution is 0.231. The van der Waals surface area contributed by atoms with E-state index in [1.165, 1.54) is 0 Å². The van der Waals surface area contributed by atoms with Crippen LogP contribution in [-0.4, -0.2) is 15.0 Å². The molecule has 0 aliphatic carbocycles. The van der Waals surface area contributed by atoms with Crippen LogP contribution in [0.4, 0.5) is 0 Å². The summed E-state index contributed by atoms with van der Waals surface area (Å²) in [6.07, 6.45) is 3.35. The van der Waals surface area contributed by atoms with Gasteiger partial charge < -0.3 is 4.74 Å². The van der Waals surface area contributed by atoms with Crippen LogP contribution in [0.1, 0.15) is 30.9 Å². The fourth-order valence-corrected chi connectivity index (χ4v) is 3.29. The smallest absolute Gasteiger partial charge is 0.239 e. The molecule has 0 amide bonds. The molecule has 0 saturated carbocycles. The van der Waals surface area contributed by atoms with Gasteiger partial charge in [0.15, 0.2) is 0 Å². The monoisotopic (exact) mass is 330 g/mol. The molecule has 2 aromatic rings. The van der Waals surface area contributed by atoms with Crippen LogP contribution in [0.15, 0.2) is 64.6 Å². The lowest BCUT2D eigenvalue weighted by atomic mass is 10.2. The molecule has 0 unspecified atom stereocenters. The summed E-state index contributed by atoms with van der Waals surface area (Å²) >= 11 is 0. The summed E-state index contributed by atoms with van der Waals surface area (Å²) in [5.41, 5.74) is 1.82. The summed E-state index contributed by atoms with van der Waals surface area (Å²) in [7, 11) is -3.66. The van der Waals surface area contributed by atoms with Crippen LogP contribution >= 0.6 is 0 Å². The topological polar surface area (TPSA) is 43.4 Å². The van der Waals surface area contributed by atoms with Crippen LogP contribution in [-0.2, 0) is 14.6 Å². The van der Waals surface area contributed by atoms with E-state index in [9.17, 15) is 8.42 Å². The molecule has 0 heterocycles. The van der Waals surface area contributed by atoms with Crippen molar-refractivity contribution >= 4 is 15.9 Å². The van der Waals surface area contributed by atoms with Crippen molar-refractivity contribution in [1.29, 1.82) is 0 Å². The summed E-state index contributed by atoms with van der Waals surface area (Å²) in [4.78, 5) is 0.252. The van der Waals surface area contributed by atoms with Gasteiger partial charge in [0.05, 0.1) is 11.5 Å². The van der Waals surface area contributed by atoms with E-state index in [1.54, 1.807) is 30.3 Å². The van der Waals surface area contributed by atoms with Crippen molar-refractivity contribution in [3.05, 3.63) is 70.8 Å². The van der Waals surface area contributed by atoms with E-state index in [4.69, 9.17) is 4.74 Å². The largest absolute Gasteiger partial charge is 0.483 e. The highest BCUT2D eigenvalue weighted by Gasteiger charge is 2.22. The minimum atomic E-state index is -3.66. The van der Waals surface area contributed by atoms with Crippen LogP contribution in [0, 0.1) is 6.92 Å². The maximum absolute atomic E-state index is 12.8. The number of unbranched alkanes of at least 4 members (excludes halogenated alkanes) is 1. The fourth-order valence-electron chi connectivity index (χ4n) is 2.03. The first-order chi connectivity index (χ1) is 11.0. The zero-order chi connectivity index (χ0) is 16.7. The average Bonchev–Trinajstić information content (AvgIpc) is 2.55. The van der Waals surface area contributed by atoms with Gasteiger partial charge in [-0.1, -0.05) is 61.4 Å². The van der Waals surface area contributed by atoms with Crippen molar-refractivity contribution in [3.63, 3.8) is 0 Å². The summed E-state index contributed by atoms with van der Waals surface area (Å²) in [5.74, 6) is 0. The number of aryl methyl sites for hydroxylation is 1. The second-order valence-corrected chi connectivity index (χ2v) is 7.27. The molecule has 0 aliphatic rings. The first-order valence-electron chi connectivity index (χ1n) is 7.75. The van der Waals surface area contributed by atoms with Gasteiger partial charge in [-0.05, 0) is 37.1 Å². The van der Waals surface area contributed by atoms with Gasteiger partial charge in [-0.25, -0.2) is 8.42 Å². The number of rotatable bonds is 7. The standard InChI is InChI=1S/C19H22O3S/c1-3-4-14-22-19(15-17-8-6-5-7-9-17)23(20,21)18-12-10-16(2)11-13-18/h5-13,15H,3-4,14H2,1-2H3/b19-15+. The summed E-state index contributed by atoms with van der Waals surface area (Å²) < 4.78 is 31.3. The molecule has 0 radical (unpaired) electrons. The van der Waals surface area contributed by atoms with Gasteiger partial charge in [-0.15, -0.1) is 0 Å². The third kappa shape index (κ3) is 4.70. The Balaban J connectivity index is 2.39. The van der Waals surface area contributed by atoms with Gasteiger partial charge >= 0.3 is 0 Å². The molecule has 0 bridgehead atoms. The Morgan fingerprint density at radius 3 is 2.30 bits per heavy atom. The van der Waals surface area contributed by atoms with E-state index in [0.717, 1.165) is 24.0 Å². The molecule has 0 N–H and O–H groups in total. The minimum absolute atomic E-state index is 0.000929. The highest BCUT2D eigenvalue weighted by atomic mass is 32.2. The molecule has 0 aliphatic heterocycles. The lowest BCUT2D eigenvalue weighted by Crippen LogP contribution is -2.09. The Kier molecular flexibility index (Phi) is 5.99. The quantitative estimate of drug-likeness (QED) is 0.551. The molecule has 0 aromatic heterocycles. The van der Waals surface area contributed by atoms with E-state index < -0.39 is 9.84 Å². The zero-order valence-corrected chi connectivity index (χ0v) is 14.3. The number of benzene rings is 2. The molecule has 0 atom stereocenters. The molecular formula is C19H22O3S. The van der Waals surface area contributed by atoms with Crippen LogP contribution < -0.4 is 0 Å². The Bertz CT molecular complexity index is 745. The summed E-state index contributed by atoms with van der Waals surface area (Å²) in [6.45, 7) is 4.35. The van der Waals surface area contributed by atoms with Gasteiger partial charge in [-0.3, -0.25) is 0 Å². The summed E-state index contributed by atoms with van der Waals surface area (Å²) in [6, 6.07) is 16.2. The lowest BCUT2D eigenvalue weighted by Gasteiger charge is -2.12. The van der Waals surface area contributed by atoms with E-state index in [-0.39, 0.29) is 9.99 Å². The van der Waals surface area contributed by atoms with Crippen molar-refractivity contribution in [2.45, 2.75) is 31.6 Å². The van der Waals surface area contributed by atoms with Crippen molar-refractivity contribution < 1.29 is 13.2 Å². The predicted molar refractivity (Wildman–Crippen MR) is 93.6 cm³/mol. The second-order valence-electron chi connectivity index (χ2n) is 5.39. The number of sulfone groups is 1. The number of ether oxygens (including phenoxy) is 1. The van der Waals surface area contributed by atoms with Gasteiger partial charge in [0.25, 0.3) is 0 Å². The van der Waals surface area contributed by atoms with Crippen molar-refractivity contribution in [1.82, 2.24) is 0 Å². The van der Waals surface area contributed by atoms with Crippen LogP contribution in [0.25, 0.3) is 6.08 Å². The molecule has 0 fully saturated rings. The normalized spacial score (nSPS) is 12.2. The first-order valence-corrected chi connectivity index (χ1v) is 9.23. The van der Waals surface area contributed by atoms with Gasteiger partial charge in [0, 0.05) is 0 Å². The SMILES string of the molecule is CCCCO/C(=C\c1ccccc1)S(=O)(=O)c1ccc(C)cc1. The van der Waals surface area contributed by atoms with Crippen LogP contribution in [0.2, 0.25) is 0 Å². The average molecular weight is 330 g/mol. The van der Waals surface area contributed by atoms with Gasteiger partial charge in [-0.2, -0.15) is 0 Å². The third-order valence-corrected chi connectivity index (χ3v) is 5.08. The molecule has 2 aromatic carbocycles. The van der Waals surface area contributed by atoms with E-state index in [0.29, 0.717) is 6.61 Å². The maximum Gasteiger partial charge on any atom is 0.239 e. The highest BCUT2D eigenvalue weighted by Crippen LogP contribution is 2.23. The number of hydrogen-bond acceptors (Lipinski definition) is 3. The molecule has 3 nitrogen and oxygen atoms in total. The molecule has 4 heteroatoms.